The van der Waals surface area contributed by atoms with E-state index in [9.17, 15) is 14.4 Å². The molecule has 3 atom stereocenters. The quantitative estimate of drug-likeness (QED) is 0.407. The summed E-state index contributed by atoms with van der Waals surface area (Å²) in [4.78, 5) is 36.5. The molecule has 0 rings (SSSR count). The van der Waals surface area contributed by atoms with Crippen LogP contribution in [0.1, 0.15) is 77.9 Å². The Morgan fingerprint density at radius 3 is 1.92 bits per heavy atom. The Kier molecular flexibility index (Phi) is 13.0. The minimum Gasteiger partial charge on any atom is -0.345 e. The number of hydrogen-bond acceptors (Lipinski definition) is 4. The van der Waals surface area contributed by atoms with Crippen LogP contribution in [0.15, 0.2) is 0 Å². The Bertz CT molecular complexity index is 438. The lowest BCUT2D eigenvalue weighted by Crippen LogP contribution is -2.55. The van der Waals surface area contributed by atoms with Crippen LogP contribution >= 0.6 is 0 Å². The molecule has 6 heteroatoms. The Balaban J connectivity index is -0.00000104. The second-order valence-electron chi connectivity index (χ2n) is 7.82. The van der Waals surface area contributed by atoms with E-state index in [1.807, 2.05) is 27.7 Å². The van der Waals surface area contributed by atoms with Crippen molar-refractivity contribution < 1.29 is 18.7 Å². The first-order chi connectivity index (χ1) is 12.2. The van der Waals surface area contributed by atoms with Crippen LogP contribution in [0.4, 0.5) is 0 Å². The van der Waals surface area contributed by atoms with Gasteiger partial charge in [-0.25, -0.2) is 0 Å². The number of unbranched alkanes of at least 4 members (excludes halogenated alkanes) is 1. The van der Waals surface area contributed by atoms with Crippen molar-refractivity contribution >= 4 is 18.1 Å². The van der Waals surface area contributed by atoms with Gasteiger partial charge < -0.3 is 20.7 Å². The molecule has 0 bridgehead atoms. The summed E-state index contributed by atoms with van der Waals surface area (Å²) < 4.78 is 0. The number of likely N-dealkylation sites (N-methyl/N-ethyl adjacent to an activating group) is 1. The first kappa shape index (κ1) is 24.6. The highest BCUT2D eigenvalue weighted by molar-refractivity contribution is 5.90. The molecule has 0 fully saturated rings. The van der Waals surface area contributed by atoms with Crippen LogP contribution in [0.2, 0.25) is 0 Å². The van der Waals surface area contributed by atoms with Gasteiger partial charge in [0.15, 0.2) is 0 Å². The smallest absolute Gasteiger partial charge is 0.243 e. The molecule has 0 aromatic heterocycles. The van der Waals surface area contributed by atoms with Crippen LogP contribution in [0, 0.1) is 11.8 Å². The van der Waals surface area contributed by atoms with E-state index in [-0.39, 0.29) is 28.1 Å². The molecule has 2 amide bonds. The van der Waals surface area contributed by atoms with Gasteiger partial charge in [0.25, 0.3) is 0 Å². The summed E-state index contributed by atoms with van der Waals surface area (Å²) in [5, 5.41) is 8.87. The third-order valence-corrected chi connectivity index (χ3v) is 4.17. The maximum atomic E-state index is 12.7. The number of carbonyl (C=O) groups excluding carboxylic acids is 3. The second-order valence-corrected chi connectivity index (χ2v) is 7.82. The number of amides is 2. The highest BCUT2D eigenvalue weighted by Gasteiger charge is 2.27. The molecule has 0 unspecified atom stereocenters. The van der Waals surface area contributed by atoms with Gasteiger partial charge in [0.05, 0.1) is 12.1 Å². The maximum Gasteiger partial charge on any atom is 0.243 e. The summed E-state index contributed by atoms with van der Waals surface area (Å²) in [6.45, 7) is 12.8. The van der Waals surface area contributed by atoms with Crippen LogP contribution < -0.4 is 16.0 Å². The lowest BCUT2D eigenvalue weighted by atomic mass is 9.99. The number of hydrogen-bond donors (Lipinski definition) is 3. The summed E-state index contributed by atoms with van der Waals surface area (Å²) in [5.74, 6) is 0.187. The third-order valence-electron chi connectivity index (χ3n) is 4.17. The number of nitrogens with one attached hydrogen (secondary N) is 3. The molecule has 0 saturated carbocycles. The fraction of sp³-hybridized carbons (Fsp3) is 0.850. The van der Waals surface area contributed by atoms with Crippen molar-refractivity contribution in [1.29, 1.82) is 0 Å². The molecule has 0 aromatic rings. The Labute approximate surface area is 163 Å². The lowest BCUT2D eigenvalue weighted by molar-refractivity contribution is -0.131. The summed E-state index contributed by atoms with van der Waals surface area (Å²) in [6.07, 6.45) is 4.50. The second kappa shape index (κ2) is 13.7. The van der Waals surface area contributed by atoms with E-state index < -0.39 is 12.1 Å². The van der Waals surface area contributed by atoms with Crippen LogP contribution in [0.5, 0.6) is 0 Å². The number of rotatable bonds is 14. The number of aldehydes is 1. The van der Waals surface area contributed by atoms with Gasteiger partial charge in [0.1, 0.15) is 12.3 Å². The highest BCUT2D eigenvalue weighted by atomic mass is 16.2. The predicted molar refractivity (Wildman–Crippen MR) is 112 cm³/mol. The molecule has 3 N–H and O–H groups in total. The fourth-order valence-corrected chi connectivity index (χ4v) is 2.86. The molecule has 0 saturated heterocycles. The molecule has 158 valence electrons. The molecule has 0 heterocycles. The fourth-order valence-electron chi connectivity index (χ4n) is 2.86. The molecule has 6 nitrogen and oxygen atoms in total. The summed E-state index contributed by atoms with van der Waals surface area (Å²) in [7, 11) is 0. The monoisotopic (exact) mass is 375 g/mol. The first-order valence-electron chi connectivity index (χ1n) is 10.0. The van der Waals surface area contributed by atoms with E-state index in [2.05, 4.69) is 29.8 Å². The van der Waals surface area contributed by atoms with Crippen molar-refractivity contribution in [2.24, 2.45) is 11.8 Å². The van der Waals surface area contributed by atoms with Crippen molar-refractivity contribution in [3.05, 3.63) is 0 Å². The molecule has 0 radical (unpaired) electrons. The Hall–Kier alpha value is -1.43. The van der Waals surface area contributed by atoms with Crippen LogP contribution in [-0.4, -0.2) is 42.8 Å². The van der Waals surface area contributed by atoms with Crippen molar-refractivity contribution in [2.75, 3.05) is 6.54 Å². The molecule has 0 aliphatic carbocycles. The van der Waals surface area contributed by atoms with Gasteiger partial charge in [-0.3, -0.25) is 9.59 Å². The van der Waals surface area contributed by atoms with E-state index in [4.69, 9.17) is 0 Å². The van der Waals surface area contributed by atoms with Crippen LogP contribution in [0.3, 0.4) is 0 Å². The summed E-state index contributed by atoms with van der Waals surface area (Å²) in [5.41, 5.74) is 0. The predicted octanol–water partition coefficient (Wildman–Crippen LogP) is 3.15. The van der Waals surface area contributed by atoms with E-state index >= 15 is 0 Å². The lowest BCUT2D eigenvalue weighted by Gasteiger charge is -2.25. The van der Waals surface area contributed by atoms with E-state index in [1.165, 1.54) is 0 Å². The van der Waals surface area contributed by atoms with Crippen molar-refractivity contribution in [2.45, 2.75) is 91.8 Å². The molecular formula is C20H45N3O3. The highest BCUT2D eigenvalue weighted by Crippen LogP contribution is 2.09. The van der Waals surface area contributed by atoms with E-state index in [0.29, 0.717) is 31.7 Å². The SMILES string of the molecule is CCCC[C@@H](C=O)NC(=O)[C@H](CC(C)C)NC(=O)[C@H](CC(C)C)NCC.[HH].[HH].[HH]. The van der Waals surface area contributed by atoms with Gasteiger partial charge in [-0.05, 0) is 37.6 Å². The van der Waals surface area contributed by atoms with Crippen molar-refractivity contribution in [1.82, 2.24) is 16.0 Å². The van der Waals surface area contributed by atoms with E-state index in [1.54, 1.807) is 0 Å². The van der Waals surface area contributed by atoms with Crippen molar-refractivity contribution in [3.8, 4) is 0 Å². The zero-order valence-electron chi connectivity index (χ0n) is 17.4. The minimum atomic E-state index is -0.625. The molecule has 0 spiro atoms. The maximum absolute atomic E-state index is 12.7. The molecule has 0 aliphatic rings. The Morgan fingerprint density at radius 2 is 1.46 bits per heavy atom. The van der Waals surface area contributed by atoms with Gasteiger partial charge in [0.2, 0.25) is 11.8 Å². The third kappa shape index (κ3) is 10.5. The first-order valence-corrected chi connectivity index (χ1v) is 10.0. The average molecular weight is 376 g/mol. The molecule has 0 aliphatic heterocycles. The van der Waals surface area contributed by atoms with Gasteiger partial charge in [-0.2, -0.15) is 0 Å². The van der Waals surface area contributed by atoms with E-state index in [0.717, 1.165) is 19.1 Å². The largest absolute Gasteiger partial charge is 0.345 e. The van der Waals surface area contributed by atoms with Gasteiger partial charge >= 0.3 is 0 Å². The van der Waals surface area contributed by atoms with Crippen LogP contribution in [-0.2, 0) is 14.4 Å². The standard InChI is InChI=1S/C20H39N3O3.3H2/c1-7-9-10-16(13-24)22-20(26)18(12-15(5)6)23-19(25)17(21-8-2)11-14(3)4;;;/h13-18,21H,7-12H2,1-6H3,(H,22,26)(H,23,25);3*1H/t16-,17-,18-;;;/m0.../s1. The Morgan fingerprint density at radius 1 is 0.923 bits per heavy atom. The van der Waals surface area contributed by atoms with Crippen molar-refractivity contribution in [3.63, 3.8) is 0 Å². The number of carbonyl (C=O) groups is 3. The average Bonchev–Trinajstić information content (AvgIpc) is 2.56. The summed E-state index contributed by atoms with van der Waals surface area (Å²) in [6, 6.07) is -1.43. The van der Waals surface area contributed by atoms with Gasteiger partial charge in [-0.15, -0.1) is 0 Å². The molecular weight excluding hydrogens is 330 g/mol. The van der Waals surface area contributed by atoms with Gasteiger partial charge in [0, 0.05) is 4.28 Å². The van der Waals surface area contributed by atoms with Crippen LogP contribution in [0.25, 0.3) is 0 Å². The zero-order valence-corrected chi connectivity index (χ0v) is 17.4. The normalized spacial score (nSPS) is 14.8. The molecule has 26 heavy (non-hydrogen) atoms. The topological polar surface area (TPSA) is 87.3 Å². The zero-order chi connectivity index (χ0) is 20.1. The molecule has 0 aromatic carbocycles. The summed E-state index contributed by atoms with van der Waals surface area (Å²) >= 11 is 0. The van der Waals surface area contributed by atoms with Gasteiger partial charge in [-0.1, -0.05) is 54.4 Å². The minimum absolute atomic E-state index is 0.